The largest absolute Gasteiger partial charge is 0.481 e. The molecule has 0 amide bonds. The minimum absolute atomic E-state index is 0.376. The van der Waals surface area contributed by atoms with Crippen LogP contribution in [-0.4, -0.2) is 35.6 Å². The molecule has 1 aliphatic heterocycles. The van der Waals surface area contributed by atoms with Crippen molar-refractivity contribution >= 4 is 5.97 Å². The second kappa shape index (κ2) is 3.54. The minimum Gasteiger partial charge on any atom is -0.481 e. The maximum atomic E-state index is 11.1. The Hall–Kier alpha value is -0.570. The number of hydrogen-bond acceptors (Lipinski definition) is 2. The molecule has 0 aromatic carbocycles. The number of rotatable bonds is 4. The summed E-state index contributed by atoms with van der Waals surface area (Å²) >= 11 is 0. The number of hydrogen-bond donors (Lipinski definition) is 1. The molecule has 0 unspecified atom stereocenters. The molecule has 0 spiro atoms. The molecule has 0 aromatic heterocycles. The second-order valence-corrected chi connectivity index (χ2v) is 4.91. The number of aliphatic carboxylic acids is 1. The highest BCUT2D eigenvalue weighted by molar-refractivity contribution is 5.76. The summed E-state index contributed by atoms with van der Waals surface area (Å²) in [6.07, 6.45) is 4.10. The van der Waals surface area contributed by atoms with Gasteiger partial charge in [-0.15, -0.1) is 0 Å². The van der Waals surface area contributed by atoms with Crippen LogP contribution in [0.5, 0.6) is 0 Å². The second-order valence-electron chi connectivity index (χ2n) is 4.91. The van der Waals surface area contributed by atoms with E-state index in [0.29, 0.717) is 0 Å². The third-order valence-corrected chi connectivity index (χ3v) is 3.90. The molecular weight excluding hydrogens is 178 g/mol. The Morgan fingerprint density at radius 2 is 2.14 bits per heavy atom. The van der Waals surface area contributed by atoms with Crippen molar-refractivity contribution in [2.24, 2.45) is 11.3 Å². The fraction of sp³-hybridized carbons (Fsp3) is 0.909. The zero-order chi connectivity index (χ0) is 10.2. The zero-order valence-electron chi connectivity index (χ0n) is 8.83. The van der Waals surface area contributed by atoms with Gasteiger partial charge in [-0.3, -0.25) is 4.79 Å². The first-order valence-corrected chi connectivity index (χ1v) is 5.62. The molecule has 80 valence electrons. The van der Waals surface area contributed by atoms with Crippen molar-refractivity contribution in [2.75, 3.05) is 19.6 Å². The fourth-order valence-electron chi connectivity index (χ4n) is 2.54. The van der Waals surface area contributed by atoms with Gasteiger partial charge in [0.15, 0.2) is 0 Å². The predicted octanol–water partition coefficient (Wildman–Crippen LogP) is 1.58. The van der Waals surface area contributed by atoms with Crippen molar-refractivity contribution in [3.8, 4) is 0 Å². The van der Waals surface area contributed by atoms with Crippen molar-refractivity contribution < 1.29 is 9.90 Å². The summed E-state index contributed by atoms with van der Waals surface area (Å²) in [5, 5.41) is 9.15. The Bertz CT molecular complexity index is 229. The van der Waals surface area contributed by atoms with Gasteiger partial charge in [-0.25, -0.2) is 0 Å². The normalized spacial score (nSPS) is 26.6. The van der Waals surface area contributed by atoms with Gasteiger partial charge >= 0.3 is 5.97 Å². The van der Waals surface area contributed by atoms with Gasteiger partial charge in [0.05, 0.1) is 5.41 Å². The summed E-state index contributed by atoms with van der Waals surface area (Å²) in [6.45, 7) is 5.23. The third kappa shape index (κ3) is 1.54. The van der Waals surface area contributed by atoms with E-state index in [4.69, 9.17) is 5.11 Å². The topological polar surface area (TPSA) is 40.5 Å². The average Bonchev–Trinajstić information content (AvgIpc) is 1.98. The molecule has 3 heteroatoms. The lowest BCUT2D eigenvalue weighted by molar-refractivity contribution is -0.157. The Balaban J connectivity index is 1.82. The van der Waals surface area contributed by atoms with Crippen molar-refractivity contribution in [3.05, 3.63) is 0 Å². The van der Waals surface area contributed by atoms with E-state index >= 15 is 0 Å². The van der Waals surface area contributed by atoms with Crippen molar-refractivity contribution in [1.82, 2.24) is 4.90 Å². The molecular formula is C11H19NO2. The smallest absolute Gasteiger partial charge is 0.310 e. The maximum absolute atomic E-state index is 11.1. The van der Waals surface area contributed by atoms with Gasteiger partial charge in [-0.05, 0) is 18.8 Å². The van der Waals surface area contributed by atoms with E-state index in [-0.39, 0.29) is 5.41 Å². The molecule has 2 fully saturated rings. The standard InChI is InChI=1S/C11H19NO2/c1-2-9-6-12(7-9)8-11(10(13)14)4-3-5-11/h9H,2-8H2,1H3,(H,13,14). The first kappa shape index (κ1) is 9.97. The maximum Gasteiger partial charge on any atom is 0.310 e. The van der Waals surface area contributed by atoms with Crippen LogP contribution in [0.4, 0.5) is 0 Å². The van der Waals surface area contributed by atoms with Gasteiger partial charge in [0.25, 0.3) is 0 Å². The first-order chi connectivity index (χ1) is 6.66. The van der Waals surface area contributed by atoms with Gasteiger partial charge in [-0.1, -0.05) is 19.8 Å². The predicted molar refractivity (Wildman–Crippen MR) is 54.1 cm³/mol. The van der Waals surface area contributed by atoms with E-state index in [9.17, 15) is 4.79 Å². The van der Waals surface area contributed by atoms with Crippen LogP contribution in [0.25, 0.3) is 0 Å². The molecule has 0 bridgehead atoms. The first-order valence-electron chi connectivity index (χ1n) is 5.62. The van der Waals surface area contributed by atoms with Gasteiger partial charge in [0.2, 0.25) is 0 Å². The highest BCUT2D eigenvalue weighted by Gasteiger charge is 2.46. The Morgan fingerprint density at radius 3 is 2.50 bits per heavy atom. The van der Waals surface area contributed by atoms with E-state index in [1.54, 1.807) is 0 Å². The van der Waals surface area contributed by atoms with Crippen LogP contribution in [0.1, 0.15) is 32.6 Å². The van der Waals surface area contributed by atoms with Gasteiger partial charge < -0.3 is 10.0 Å². The molecule has 1 saturated heterocycles. The number of carboxylic acids is 1. The number of carboxylic acid groups (broad SMARTS) is 1. The molecule has 1 heterocycles. The van der Waals surface area contributed by atoms with E-state index in [2.05, 4.69) is 11.8 Å². The highest BCUT2D eigenvalue weighted by atomic mass is 16.4. The lowest BCUT2D eigenvalue weighted by Crippen LogP contribution is -2.55. The molecule has 0 atom stereocenters. The molecule has 1 saturated carbocycles. The summed E-state index contributed by atoms with van der Waals surface area (Å²) in [7, 11) is 0. The molecule has 1 N–H and O–H groups in total. The van der Waals surface area contributed by atoms with Crippen LogP contribution >= 0.6 is 0 Å². The number of carbonyl (C=O) groups is 1. The van der Waals surface area contributed by atoms with E-state index < -0.39 is 5.97 Å². The summed E-state index contributed by atoms with van der Waals surface area (Å²) in [6, 6.07) is 0. The van der Waals surface area contributed by atoms with E-state index in [1.807, 2.05) is 0 Å². The molecule has 2 aliphatic rings. The van der Waals surface area contributed by atoms with Crippen molar-refractivity contribution in [3.63, 3.8) is 0 Å². The van der Waals surface area contributed by atoms with E-state index in [1.165, 1.54) is 6.42 Å². The van der Waals surface area contributed by atoms with Crippen LogP contribution in [0.15, 0.2) is 0 Å². The van der Waals surface area contributed by atoms with Crippen LogP contribution in [0.3, 0.4) is 0 Å². The zero-order valence-corrected chi connectivity index (χ0v) is 8.83. The molecule has 0 aromatic rings. The highest BCUT2D eigenvalue weighted by Crippen LogP contribution is 2.43. The summed E-state index contributed by atoms with van der Waals surface area (Å²) in [4.78, 5) is 13.4. The lowest BCUT2D eigenvalue weighted by atomic mass is 9.68. The quantitative estimate of drug-likeness (QED) is 0.744. The van der Waals surface area contributed by atoms with Gasteiger partial charge in [-0.2, -0.15) is 0 Å². The van der Waals surface area contributed by atoms with Crippen molar-refractivity contribution in [1.29, 1.82) is 0 Å². The van der Waals surface area contributed by atoms with Crippen LogP contribution in [0, 0.1) is 11.3 Å². The number of likely N-dealkylation sites (tertiary alicyclic amines) is 1. The molecule has 3 nitrogen and oxygen atoms in total. The average molecular weight is 197 g/mol. The SMILES string of the molecule is CCC1CN(CC2(C(=O)O)CCC2)C1. The fourth-order valence-corrected chi connectivity index (χ4v) is 2.54. The molecule has 14 heavy (non-hydrogen) atoms. The van der Waals surface area contributed by atoms with Gasteiger partial charge in [0.1, 0.15) is 0 Å². The van der Waals surface area contributed by atoms with Crippen LogP contribution < -0.4 is 0 Å². The summed E-state index contributed by atoms with van der Waals surface area (Å²) in [5.74, 6) is 0.240. The molecule has 1 aliphatic carbocycles. The Kier molecular flexibility index (Phi) is 2.52. The van der Waals surface area contributed by atoms with Crippen LogP contribution in [0.2, 0.25) is 0 Å². The summed E-state index contributed by atoms with van der Waals surface area (Å²) < 4.78 is 0. The lowest BCUT2D eigenvalue weighted by Gasteiger charge is -2.47. The van der Waals surface area contributed by atoms with Gasteiger partial charge in [0, 0.05) is 19.6 Å². The monoisotopic (exact) mass is 197 g/mol. The number of nitrogens with zero attached hydrogens (tertiary/aromatic N) is 1. The Morgan fingerprint density at radius 1 is 1.50 bits per heavy atom. The molecule has 2 rings (SSSR count). The van der Waals surface area contributed by atoms with E-state index in [0.717, 1.165) is 44.8 Å². The molecule has 0 radical (unpaired) electrons. The Labute approximate surface area is 85.1 Å². The summed E-state index contributed by atoms with van der Waals surface area (Å²) in [5.41, 5.74) is -0.376. The van der Waals surface area contributed by atoms with Crippen LogP contribution in [-0.2, 0) is 4.79 Å². The third-order valence-electron chi connectivity index (χ3n) is 3.90. The minimum atomic E-state index is -0.580. The van der Waals surface area contributed by atoms with Crippen molar-refractivity contribution in [2.45, 2.75) is 32.6 Å².